The number of carboxylic acids is 2. The number of hydrogen-bond acceptors (Lipinski definition) is 6. The van der Waals surface area contributed by atoms with Crippen LogP contribution in [0.25, 0.3) is 0 Å². The lowest BCUT2D eigenvalue weighted by Crippen LogP contribution is -2.48. The van der Waals surface area contributed by atoms with Crippen molar-refractivity contribution in [1.29, 1.82) is 0 Å². The van der Waals surface area contributed by atoms with E-state index in [0.717, 1.165) is 0 Å². The molecule has 0 heterocycles. The zero-order chi connectivity index (χ0) is 16.4. The van der Waals surface area contributed by atoms with Crippen LogP contribution in [0, 0.1) is 0 Å². The number of carboxylic acid groups (broad SMARTS) is 2. The molecular formula is C11H19N3O6S. The number of rotatable bonds is 10. The molecule has 10 heteroatoms. The normalized spacial score (nSPS) is 13.0. The second kappa shape index (κ2) is 10.00. The van der Waals surface area contributed by atoms with Gasteiger partial charge < -0.3 is 26.6 Å². The second-order valence-electron chi connectivity index (χ2n) is 4.23. The van der Waals surface area contributed by atoms with Gasteiger partial charge in [0.15, 0.2) is 0 Å². The zero-order valence-corrected chi connectivity index (χ0v) is 12.1. The van der Waals surface area contributed by atoms with Gasteiger partial charge in [-0.2, -0.15) is 12.6 Å². The Morgan fingerprint density at radius 1 is 1.14 bits per heavy atom. The third-order valence-corrected chi connectivity index (χ3v) is 2.74. The number of thiol groups is 1. The van der Waals surface area contributed by atoms with E-state index in [2.05, 4.69) is 23.3 Å². The third kappa shape index (κ3) is 8.87. The summed E-state index contributed by atoms with van der Waals surface area (Å²) in [5, 5.41) is 21.6. The maximum atomic E-state index is 11.7. The van der Waals surface area contributed by atoms with Crippen LogP contribution in [-0.4, -0.2) is 58.3 Å². The third-order valence-electron chi connectivity index (χ3n) is 2.48. The minimum absolute atomic E-state index is 0.0640. The highest BCUT2D eigenvalue weighted by Gasteiger charge is 2.21. The Kier molecular flexibility index (Phi) is 9.13. The van der Waals surface area contributed by atoms with E-state index in [9.17, 15) is 19.2 Å². The second-order valence-corrected chi connectivity index (χ2v) is 4.67. The number of nitrogens with one attached hydrogen (secondary N) is 2. The van der Waals surface area contributed by atoms with Gasteiger partial charge >= 0.3 is 11.9 Å². The summed E-state index contributed by atoms with van der Waals surface area (Å²) in [6, 6.07) is -2.07. The van der Waals surface area contributed by atoms with Crippen molar-refractivity contribution in [2.75, 3.05) is 12.3 Å². The minimum atomic E-state index is -1.21. The summed E-state index contributed by atoms with van der Waals surface area (Å²) < 4.78 is 0. The van der Waals surface area contributed by atoms with Gasteiger partial charge in [-0.25, -0.2) is 0 Å². The monoisotopic (exact) mass is 321 g/mol. The van der Waals surface area contributed by atoms with E-state index >= 15 is 0 Å². The molecule has 9 nitrogen and oxygen atoms in total. The first kappa shape index (κ1) is 19.2. The molecule has 0 spiro atoms. The molecule has 0 aliphatic carbocycles. The number of carbonyl (C=O) groups is 4. The Bertz CT molecular complexity index is 403. The highest BCUT2D eigenvalue weighted by molar-refractivity contribution is 7.80. The van der Waals surface area contributed by atoms with Crippen molar-refractivity contribution in [3.8, 4) is 0 Å². The molecule has 0 aromatic heterocycles. The summed E-state index contributed by atoms with van der Waals surface area (Å²) in [5.41, 5.74) is 5.26. The lowest BCUT2D eigenvalue weighted by molar-refractivity contribution is -0.139. The van der Waals surface area contributed by atoms with Crippen molar-refractivity contribution in [2.24, 2.45) is 5.73 Å². The molecule has 0 aliphatic heterocycles. The SMILES string of the molecule is N[C@@H](CCC(=O)N[C@@H](CCS)C(=O)NCC(=O)O)C(=O)O. The van der Waals surface area contributed by atoms with Gasteiger partial charge in [0.25, 0.3) is 0 Å². The minimum Gasteiger partial charge on any atom is -0.480 e. The maximum Gasteiger partial charge on any atom is 0.322 e. The summed E-state index contributed by atoms with van der Waals surface area (Å²) in [6.45, 7) is -0.554. The number of hydrogen-bond donors (Lipinski definition) is 6. The number of aliphatic carboxylic acids is 2. The molecule has 0 aliphatic rings. The zero-order valence-electron chi connectivity index (χ0n) is 11.2. The first-order valence-electron chi connectivity index (χ1n) is 6.16. The first-order valence-corrected chi connectivity index (χ1v) is 6.79. The topological polar surface area (TPSA) is 159 Å². The van der Waals surface area contributed by atoms with E-state index in [-0.39, 0.29) is 19.3 Å². The van der Waals surface area contributed by atoms with Gasteiger partial charge in [0, 0.05) is 6.42 Å². The molecule has 120 valence electrons. The summed E-state index contributed by atoms with van der Waals surface area (Å²) in [5.74, 6) is -3.29. The molecule has 0 aromatic carbocycles. The van der Waals surface area contributed by atoms with Crippen LogP contribution >= 0.6 is 12.6 Å². The van der Waals surface area contributed by atoms with E-state index in [1.54, 1.807) is 0 Å². The van der Waals surface area contributed by atoms with Crippen molar-refractivity contribution >= 4 is 36.4 Å². The molecule has 0 saturated heterocycles. The Labute approximate surface area is 126 Å². The van der Waals surface area contributed by atoms with Crippen molar-refractivity contribution in [3.63, 3.8) is 0 Å². The van der Waals surface area contributed by atoms with Crippen LogP contribution in [0.2, 0.25) is 0 Å². The van der Waals surface area contributed by atoms with Gasteiger partial charge in [0.05, 0.1) is 0 Å². The molecule has 6 N–H and O–H groups in total. The van der Waals surface area contributed by atoms with E-state index < -0.39 is 42.4 Å². The van der Waals surface area contributed by atoms with E-state index in [4.69, 9.17) is 15.9 Å². The number of amides is 2. The summed E-state index contributed by atoms with van der Waals surface area (Å²) in [6.07, 6.45) is -0.000453. The van der Waals surface area contributed by atoms with Crippen molar-refractivity contribution in [2.45, 2.75) is 31.3 Å². The summed E-state index contributed by atoms with van der Waals surface area (Å²) >= 11 is 3.95. The van der Waals surface area contributed by atoms with Crippen LogP contribution in [0.3, 0.4) is 0 Å². The van der Waals surface area contributed by atoms with Gasteiger partial charge in [-0.15, -0.1) is 0 Å². The van der Waals surface area contributed by atoms with Crippen LogP contribution in [0.15, 0.2) is 0 Å². The Hall–Kier alpha value is -1.81. The molecule has 0 bridgehead atoms. The van der Waals surface area contributed by atoms with Crippen LogP contribution in [-0.2, 0) is 19.2 Å². The predicted molar refractivity (Wildman–Crippen MR) is 75.9 cm³/mol. The van der Waals surface area contributed by atoms with Gasteiger partial charge in [0.1, 0.15) is 18.6 Å². The molecular weight excluding hydrogens is 302 g/mol. The van der Waals surface area contributed by atoms with Crippen LogP contribution < -0.4 is 16.4 Å². The van der Waals surface area contributed by atoms with E-state index in [0.29, 0.717) is 5.75 Å². The quantitative estimate of drug-likeness (QED) is 0.258. The lowest BCUT2D eigenvalue weighted by Gasteiger charge is -2.17. The molecule has 0 fully saturated rings. The summed E-state index contributed by atoms with van der Waals surface area (Å²) in [7, 11) is 0. The Balaban J connectivity index is 4.35. The van der Waals surface area contributed by atoms with Gasteiger partial charge in [-0.05, 0) is 18.6 Å². The predicted octanol–water partition coefficient (Wildman–Crippen LogP) is -1.82. The average Bonchev–Trinajstić information content (AvgIpc) is 2.41. The number of nitrogens with two attached hydrogens (primary N) is 1. The van der Waals surface area contributed by atoms with E-state index in [1.807, 2.05) is 0 Å². The Morgan fingerprint density at radius 3 is 2.24 bits per heavy atom. The lowest BCUT2D eigenvalue weighted by atomic mass is 10.1. The summed E-state index contributed by atoms with van der Waals surface area (Å²) in [4.78, 5) is 44.2. The van der Waals surface area contributed by atoms with Gasteiger partial charge in [-0.1, -0.05) is 0 Å². The van der Waals surface area contributed by atoms with Crippen molar-refractivity contribution in [1.82, 2.24) is 10.6 Å². The largest absolute Gasteiger partial charge is 0.480 e. The van der Waals surface area contributed by atoms with E-state index in [1.165, 1.54) is 0 Å². The standard InChI is InChI=1S/C11H19N3O6S/c12-6(11(19)20)1-2-8(15)14-7(3-4-21)10(18)13-5-9(16)17/h6-7,21H,1-5,12H2,(H,13,18)(H,14,15)(H,16,17)(H,19,20)/t6-,7-/m0/s1. The highest BCUT2D eigenvalue weighted by atomic mass is 32.1. The Morgan fingerprint density at radius 2 is 1.76 bits per heavy atom. The average molecular weight is 321 g/mol. The molecule has 0 rings (SSSR count). The number of carbonyl (C=O) groups excluding carboxylic acids is 2. The van der Waals surface area contributed by atoms with Gasteiger partial charge in [-0.3, -0.25) is 19.2 Å². The maximum absolute atomic E-state index is 11.7. The smallest absolute Gasteiger partial charge is 0.322 e. The van der Waals surface area contributed by atoms with Gasteiger partial charge in [0.2, 0.25) is 11.8 Å². The molecule has 0 unspecified atom stereocenters. The first-order chi connectivity index (χ1) is 9.77. The molecule has 0 saturated carbocycles. The van der Waals surface area contributed by atoms with Crippen molar-refractivity contribution < 1.29 is 29.4 Å². The fraction of sp³-hybridized carbons (Fsp3) is 0.636. The highest BCUT2D eigenvalue weighted by Crippen LogP contribution is 1.99. The molecule has 21 heavy (non-hydrogen) atoms. The molecule has 2 amide bonds. The fourth-order valence-electron chi connectivity index (χ4n) is 1.36. The fourth-order valence-corrected chi connectivity index (χ4v) is 1.62. The van der Waals surface area contributed by atoms with Crippen LogP contribution in [0.4, 0.5) is 0 Å². The molecule has 0 aromatic rings. The molecule has 2 atom stereocenters. The van der Waals surface area contributed by atoms with Crippen molar-refractivity contribution in [3.05, 3.63) is 0 Å². The molecule has 0 radical (unpaired) electrons. The van der Waals surface area contributed by atoms with Crippen LogP contribution in [0.5, 0.6) is 0 Å². The van der Waals surface area contributed by atoms with Crippen LogP contribution in [0.1, 0.15) is 19.3 Å².